The number of hydrogen-bond donors (Lipinski definition) is 1. The fraction of sp³-hybridized carbons (Fsp3) is 0.667. The molecule has 96 valence electrons. The Labute approximate surface area is 106 Å². The Balaban J connectivity index is 2.88. The fourth-order valence-corrected chi connectivity index (χ4v) is 2.38. The van der Waals surface area contributed by atoms with Crippen LogP contribution in [-0.2, 0) is 0 Å². The highest BCUT2D eigenvalue weighted by atomic mass is 14.9. The van der Waals surface area contributed by atoms with Gasteiger partial charge < -0.3 is 5.32 Å². The summed E-state index contributed by atoms with van der Waals surface area (Å²) in [5, 5.41) is 3.69. The van der Waals surface area contributed by atoms with E-state index < -0.39 is 0 Å². The van der Waals surface area contributed by atoms with Crippen LogP contribution in [0.1, 0.15) is 57.3 Å². The second-order valence-corrected chi connectivity index (χ2v) is 4.74. The Morgan fingerprint density at radius 1 is 1.24 bits per heavy atom. The molecule has 1 aromatic heterocycles. The number of pyridine rings is 1. The van der Waals surface area contributed by atoms with Crippen LogP contribution in [0.3, 0.4) is 0 Å². The van der Waals surface area contributed by atoms with Crippen LogP contribution in [0.15, 0.2) is 18.3 Å². The SMILES string of the molecule is CCCNC(c1ccnc(C)c1)C(CC)CC. The molecule has 0 fully saturated rings. The molecule has 0 aromatic carbocycles. The number of rotatable bonds is 7. The summed E-state index contributed by atoms with van der Waals surface area (Å²) in [5.74, 6) is 0.711. The summed E-state index contributed by atoms with van der Waals surface area (Å²) in [6.45, 7) is 9.93. The average Bonchev–Trinajstić information content (AvgIpc) is 2.34. The maximum atomic E-state index is 4.29. The van der Waals surface area contributed by atoms with Gasteiger partial charge in [-0.2, -0.15) is 0 Å². The van der Waals surface area contributed by atoms with Crippen LogP contribution in [0.2, 0.25) is 0 Å². The summed E-state index contributed by atoms with van der Waals surface area (Å²) >= 11 is 0. The van der Waals surface area contributed by atoms with E-state index in [-0.39, 0.29) is 0 Å². The molecule has 0 saturated heterocycles. The summed E-state index contributed by atoms with van der Waals surface area (Å²) in [6.07, 6.45) is 5.55. The van der Waals surface area contributed by atoms with Crippen LogP contribution < -0.4 is 5.32 Å². The molecular weight excluding hydrogens is 208 g/mol. The third-order valence-corrected chi connectivity index (χ3v) is 3.41. The molecule has 1 aromatic rings. The van der Waals surface area contributed by atoms with Gasteiger partial charge >= 0.3 is 0 Å². The molecule has 0 bridgehead atoms. The second kappa shape index (κ2) is 7.44. The molecule has 0 radical (unpaired) electrons. The van der Waals surface area contributed by atoms with Crippen molar-refractivity contribution in [1.29, 1.82) is 0 Å². The molecule has 1 rings (SSSR count). The normalized spacial score (nSPS) is 13.0. The molecule has 2 nitrogen and oxygen atoms in total. The summed E-state index contributed by atoms with van der Waals surface area (Å²) in [4.78, 5) is 4.29. The molecule has 0 spiro atoms. The lowest BCUT2D eigenvalue weighted by Gasteiger charge is -2.27. The van der Waals surface area contributed by atoms with Gasteiger partial charge in [-0.15, -0.1) is 0 Å². The molecular formula is C15H26N2. The van der Waals surface area contributed by atoms with E-state index in [1.54, 1.807) is 0 Å². The topological polar surface area (TPSA) is 24.9 Å². The summed E-state index contributed by atoms with van der Waals surface area (Å²) < 4.78 is 0. The molecule has 2 heteroatoms. The van der Waals surface area contributed by atoms with E-state index in [0.29, 0.717) is 12.0 Å². The van der Waals surface area contributed by atoms with E-state index in [1.165, 1.54) is 24.8 Å². The van der Waals surface area contributed by atoms with E-state index in [9.17, 15) is 0 Å². The maximum Gasteiger partial charge on any atom is 0.0375 e. The molecule has 0 aliphatic rings. The number of aromatic nitrogens is 1. The Bertz CT molecular complexity index is 318. The minimum absolute atomic E-state index is 0.478. The predicted octanol–water partition coefficient (Wildman–Crippen LogP) is 3.87. The van der Waals surface area contributed by atoms with Crippen LogP contribution in [0, 0.1) is 12.8 Å². The maximum absolute atomic E-state index is 4.29. The quantitative estimate of drug-likeness (QED) is 0.774. The largest absolute Gasteiger partial charge is 0.310 e. The van der Waals surface area contributed by atoms with Gasteiger partial charge in [0.2, 0.25) is 0 Å². The Hall–Kier alpha value is -0.890. The molecule has 1 N–H and O–H groups in total. The fourth-order valence-electron chi connectivity index (χ4n) is 2.38. The predicted molar refractivity (Wildman–Crippen MR) is 74.1 cm³/mol. The van der Waals surface area contributed by atoms with Gasteiger partial charge in [-0.3, -0.25) is 4.98 Å². The highest BCUT2D eigenvalue weighted by Crippen LogP contribution is 2.27. The summed E-state index contributed by atoms with van der Waals surface area (Å²) in [6, 6.07) is 4.84. The molecule has 0 amide bonds. The molecule has 17 heavy (non-hydrogen) atoms. The zero-order valence-corrected chi connectivity index (χ0v) is 11.7. The van der Waals surface area contributed by atoms with Crippen LogP contribution in [0.25, 0.3) is 0 Å². The molecule has 1 atom stereocenters. The highest BCUT2D eigenvalue weighted by molar-refractivity contribution is 5.20. The standard InChI is InChI=1S/C15H26N2/c1-5-9-17-15(13(6-2)7-3)14-8-10-16-12(4)11-14/h8,10-11,13,15,17H,5-7,9H2,1-4H3. The number of nitrogens with zero attached hydrogens (tertiary/aromatic N) is 1. The first-order valence-corrected chi connectivity index (χ1v) is 6.88. The van der Waals surface area contributed by atoms with E-state index in [1.807, 2.05) is 6.20 Å². The van der Waals surface area contributed by atoms with Gasteiger partial charge in [0, 0.05) is 17.9 Å². The minimum atomic E-state index is 0.478. The van der Waals surface area contributed by atoms with Gasteiger partial charge in [-0.1, -0.05) is 33.6 Å². The van der Waals surface area contributed by atoms with Gasteiger partial charge in [0.25, 0.3) is 0 Å². The molecule has 0 aliphatic carbocycles. The van der Waals surface area contributed by atoms with Crippen molar-refractivity contribution in [3.8, 4) is 0 Å². The third kappa shape index (κ3) is 4.12. The van der Waals surface area contributed by atoms with E-state index in [4.69, 9.17) is 0 Å². The zero-order chi connectivity index (χ0) is 12.7. The average molecular weight is 234 g/mol. The van der Waals surface area contributed by atoms with E-state index >= 15 is 0 Å². The summed E-state index contributed by atoms with van der Waals surface area (Å²) in [7, 11) is 0. The van der Waals surface area contributed by atoms with E-state index in [2.05, 4.69) is 50.1 Å². The first-order valence-electron chi connectivity index (χ1n) is 6.88. The van der Waals surface area contributed by atoms with Gasteiger partial charge in [0.1, 0.15) is 0 Å². The Morgan fingerprint density at radius 3 is 2.47 bits per heavy atom. The van der Waals surface area contributed by atoms with Crippen molar-refractivity contribution >= 4 is 0 Å². The summed E-state index contributed by atoms with van der Waals surface area (Å²) in [5.41, 5.74) is 2.50. The lowest BCUT2D eigenvalue weighted by molar-refractivity contribution is 0.341. The lowest BCUT2D eigenvalue weighted by Crippen LogP contribution is -2.28. The first kappa shape index (κ1) is 14.2. The van der Waals surface area contributed by atoms with Crippen molar-refractivity contribution in [2.45, 2.75) is 53.0 Å². The minimum Gasteiger partial charge on any atom is -0.310 e. The molecule has 0 saturated carbocycles. The van der Waals surface area contributed by atoms with Crippen LogP contribution in [-0.4, -0.2) is 11.5 Å². The third-order valence-electron chi connectivity index (χ3n) is 3.41. The molecule has 1 heterocycles. The van der Waals surface area contributed by atoms with E-state index in [0.717, 1.165) is 12.2 Å². The lowest BCUT2D eigenvalue weighted by atomic mass is 9.89. The molecule has 0 aliphatic heterocycles. The van der Waals surface area contributed by atoms with Crippen molar-refractivity contribution in [2.75, 3.05) is 6.54 Å². The van der Waals surface area contributed by atoms with Gasteiger partial charge in [0.05, 0.1) is 0 Å². The smallest absolute Gasteiger partial charge is 0.0375 e. The van der Waals surface area contributed by atoms with Crippen LogP contribution in [0.5, 0.6) is 0 Å². The van der Waals surface area contributed by atoms with Crippen molar-refractivity contribution in [2.24, 2.45) is 5.92 Å². The Morgan fingerprint density at radius 2 is 1.94 bits per heavy atom. The monoisotopic (exact) mass is 234 g/mol. The van der Waals surface area contributed by atoms with Crippen LogP contribution >= 0.6 is 0 Å². The van der Waals surface area contributed by atoms with Crippen molar-refractivity contribution in [3.05, 3.63) is 29.6 Å². The molecule has 1 unspecified atom stereocenters. The highest BCUT2D eigenvalue weighted by Gasteiger charge is 2.19. The van der Waals surface area contributed by atoms with Gasteiger partial charge in [0.15, 0.2) is 0 Å². The van der Waals surface area contributed by atoms with Crippen molar-refractivity contribution < 1.29 is 0 Å². The number of aryl methyl sites for hydroxylation is 1. The number of hydrogen-bond acceptors (Lipinski definition) is 2. The zero-order valence-electron chi connectivity index (χ0n) is 11.7. The Kier molecular flexibility index (Phi) is 6.20. The second-order valence-electron chi connectivity index (χ2n) is 4.74. The van der Waals surface area contributed by atoms with Gasteiger partial charge in [-0.05, 0) is 43.5 Å². The van der Waals surface area contributed by atoms with Crippen molar-refractivity contribution in [1.82, 2.24) is 10.3 Å². The first-order chi connectivity index (χ1) is 8.22. The van der Waals surface area contributed by atoms with Gasteiger partial charge in [-0.25, -0.2) is 0 Å². The van der Waals surface area contributed by atoms with Crippen molar-refractivity contribution in [3.63, 3.8) is 0 Å². The van der Waals surface area contributed by atoms with Crippen LogP contribution in [0.4, 0.5) is 0 Å². The number of nitrogens with one attached hydrogen (secondary N) is 1.